The Labute approximate surface area is 114 Å². The van der Waals surface area contributed by atoms with E-state index >= 15 is 0 Å². The number of hydrogen-bond acceptors (Lipinski definition) is 2. The van der Waals surface area contributed by atoms with Crippen LogP contribution in [0.3, 0.4) is 0 Å². The lowest BCUT2D eigenvalue weighted by Gasteiger charge is -2.01. The first-order valence-corrected chi connectivity index (χ1v) is 7.33. The van der Waals surface area contributed by atoms with Gasteiger partial charge >= 0.3 is 0 Å². The normalized spacial score (nSPS) is 9.29. The van der Waals surface area contributed by atoms with E-state index in [9.17, 15) is 0 Å². The second-order valence-electron chi connectivity index (χ2n) is 3.82. The van der Waals surface area contributed by atoms with Gasteiger partial charge < -0.3 is 0 Å². The lowest BCUT2D eigenvalue weighted by molar-refractivity contribution is 0.821. The monoisotopic (exact) mass is 262 g/mol. The van der Waals surface area contributed by atoms with E-state index in [4.69, 9.17) is 0 Å². The Balaban J connectivity index is 0.000000686. The molecule has 0 aromatic heterocycles. The van der Waals surface area contributed by atoms with Gasteiger partial charge in [-0.15, -0.1) is 23.3 Å². The zero-order chi connectivity index (χ0) is 12.3. The Morgan fingerprint density at radius 3 is 1.29 bits per heavy atom. The van der Waals surface area contributed by atoms with Gasteiger partial charge in [0, 0.05) is 0 Å². The maximum absolute atomic E-state index is 3.22. The molecule has 0 unspecified atom stereocenters. The SMILES string of the molecule is SS.c1ccc(CCCc2ccccc2)cc1. The molecule has 0 atom stereocenters. The smallest absolute Gasteiger partial charge is 0.0276 e. The van der Waals surface area contributed by atoms with Crippen LogP contribution in [-0.2, 0) is 12.8 Å². The fourth-order valence-corrected chi connectivity index (χ4v) is 1.79. The maximum atomic E-state index is 3.22. The number of thiol groups is 2. The molecule has 0 nitrogen and oxygen atoms in total. The molecule has 0 spiro atoms. The molecule has 2 rings (SSSR count). The average Bonchev–Trinajstić information content (AvgIpc) is 2.43. The summed E-state index contributed by atoms with van der Waals surface area (Å²) in [6.45, 7) is 0. The number of aryl methyl sites for hydroxylation is 2. The molecule has 0 bridgehead atoms. The molecule has 0 aliphatic carbocycles. The van der Waals surface area contributed by atoms with E-state index in [-0.39, 0.29) is 0 Å². The molecule has 0 saturated heterocycles. The van der Waals surface area contributed by atoms with Crippen molar-refractivity contribution in [1.29, 1.82) is 0 Å². The van der Waals surface area contributed by atoms with Crippen molar-refractivity contribution in [3.05, 3.63) is 71.8 Å². The van der Waals surface area contributed by atoms with Crippen molar-refractivity contribution < 1.29 is 0 Å². The van der Waals surface area contributed by atoms with Gasteiger partial charge in [-0.1, -0.05) is 60.7 Å². The van der Waals surface area contributed by atoms with Crippen molar-refractivity contribution in [2.45, 2.75) is 19.3 Å². The molecule has 90 valence electrons. The highest BCUT2D eigenvalue weighted by Gasteiger charge is 1.93. The van der Waals surface area contributed by atoms with Gasteiger partial charge in [0.2, 0.25) is 0 Å². The summed E-state index contributed by atoms with van der Waals surface area (Å²) in [6.07, 6.45) is 3.58. The highest BCUT2D eigenvalue weighted by Crippen LogP contribution is 2.07. The van der Waals surface area contributed by atoms with Crippen LogP contribution in [0.5, 0.6) is 0 Å². The van der Waals surface area contributed by atoms with Gasteiger partial charge in [-0.05, 0) is 30.4 Å². The van der Waals surface area contributed by atoms with Crippen LogP contribution in [-0.4, -0.2) is 0 Å². The summed E-state index contributed by atoms with van der Waals surface area (Å²) in [6, 6.07) is 21.4. The molecular weight excluding hydrogens is 244 g/mol. The first kappa shape index (κ1) is 14.2. The van der Waals surface area contributed by atoms with Crippen molar-refractivity contribution in [3.63, 3.8) is 0 Å². The van der Waals surface area contributed by atoms with Crippen molar-refractivity contribution in [2.75, 3.05) is 0 Å². The summed E-state index contributed by atoms with van der Waals surface area (Å²) in [4.78, 5) is 0. The Bertz CT molecular complexity index is 345. The molecule has 0 heterocycles. The predicted octanol–water partition coefficient (Wildman–Crippen LogP) is 4.62. The third-order valence-electron chi connectivity index (χ3n) is 2.62. The van der Waals surface area contributed by atoms with Crippen LogP contribution in [0.4, 0.5) is 0 Å². The van der Waals surface area contributed by atoms with Gasteiger partial charge in [0.15, 0.2) is 0 Å². The Morgan fingerprint density at radius 2 is 0.941 bits per heavy atom. The minimum atomic E-state index is 1.18. The summed E-state index contributed by atoms with van der Waals surface area (Å²) in [5.74, 6) is 0. The summed E-state index contributed by atoms with van der Waals surface area (Å²) < 4.78 is 0. The van der Waals surface area contributed by atoms with Gasteiger partial charge in [-0.2, -0.15) is 0 Å². The number of hydrogen-bond donors (Lipinski definition) is 2. The Kier molecular flexibility index (Phi) is 7.69. The molecule has 0 fully saturated rings. The van der Waals surface area contributed by atoms with Crippen molar-refractivity contribution >= 4 is 23.3 Å². The van der Waals surface area contributed by atoms with Crippen molar-refractivity contribution in [3.8, 4) is 0 Å². The van der Waals surface area contributed by atoms with Crippen molar-refractivity contribution in [1.82, 2.24) is 0 Å². The fraction of sp³-hybridized carbons (Fsp3) is 0.200. The molecule has 0 aliphatic rings. The number of benzene rings is 2. The zero-order valence-electron chi connectivity index (χ0n) is 9.79. The summed E-state index contributed by atoms with van der Waals surface area (Å²) in [5.41, 5.74) is 2.88. The average molecular weight is 262 g/mol. The maximum Gasteiger partial charge on any atom is -0.0276 e. The van der Waals surface area contributed by atoms with Crippen LogP contribution in [0.15, 0.2) is 60.7 Å². The molecule has 0 radical (unpaired) electrons. The minimum Gasteiger partial charge on any atom is -0.115 e. The summed E-state index contributed by atoms with van der Waals surface area (Å²) >= 11 is 6.44. The van der Waals surface area contributed by atoms with Crippen LogP contribution in [0.1, 0.15) is 17.5 Å². The van der Waals surface area contributed by atoms with Gasteiger partial charge in [0.1, 0.15) is 0 Å². The van der Waals surface area contributed by atoms with E-state index in [0.717, 1.165) is 0 Å². The van der Waals surface area contributed by atoms with Gasteiger partial charge in [0.25, 0.3) is 0 Å². The van der Waals surface area contributed by atoms with Gasteiger partial charge in [0.05, 0.1) is 0 Å². The topological polar surface area (TPSA) is 0 Å². The van der Waals surface area contributed by atoms with E-state index < -0.39 is 0 Å². The van der Waals surface area contributed by atoms with E-state index in [0.29, 0.717) is 0 Å². The molecule has 0 aliphatic heterocycles. The zero-order valence-corrected chi connectivity index (χ0v) is 11.6. The molecule has 2 aromatic rings. The molecule has 0 saturated carbocycles. The quantitative estimate of drug-likeness (QED) is 0.583. The Morgan fingerprint density at radius 1 is 0.588 bits per heavy atom. The first-order chi connectivity index (χ1) is 8.45. The molecule has 17 heavy (non-hydrogen) atoms. The first-order valence-electron chi connectivity index (χ1n) is 5.73. The van der Waals surface area contributed by atoms with Crippen LogP contribution in [0.25, 0.3) is 0 Å². The minimum absolute atomic E-state index is 1.18. The summed E-state index contributed by atoms with van der Waals surface area (Å²) in [5, 5.41) is 0. The van der Waals surface area contributed by atoms with Crippen LogP contribution in [0, 0.1) is 0 Å². The van der Waals surface area contributed by atoms with Gasteiger partial charge in [-0.3, -0.25) is 0 Å². The van der Waals surface area contributed by atoms with Crippen molar-refractivity contribution in [2.24, 2.45) is 0 Å². The van der Waals surface area contributed by atoms with E-state index in [1.807, 2.05) is 0 Å². The van der Waals surface area contributed by atoms with E-state index in [2.05, 4.69) is 84.0 Å². The molecular formula is C15H18S2. The van der Waals surface area contributed by atoms with Crippen LogP contribution >= 0.6 is 23.3 Å². The largest absolute Gasteiger partial charge is 0.115 e. The lowest BCUT2D eigenvalue weighted by Crippen LogP contribution is -1.89. The van der Waals surface area contributed by atoms with Crippen LogP contribution < -0.4 is 0 Å². The van der Waals surface area contributed by atoms with Crippen LogP contribution in [0.2, 0.25) is 0 Å². The second-order valence-corrected chi connectivity index (χ2v) is 3.82. The Hall–Kier alpha value is -0.860. The highest BCUT2D eigenvalue weighted by atomic mass is 33.1. The van der Waals surface area contributed by atoms with E-state index in [1.165, 1.54) is 30.4 Å². The number of rotatable bonds is 4. The highest BCUT2D eigenvalue weighted by molar-refractivity contribution is 8.59. The lowest BCUT2D eigenvalue weighted by atomic mass is 10.0. The third kappa shape index (κ3) is 5.85. The molecule has 0 amide bonds. The standard InChI is InChI=1S/C15H16.H2S2/c1-3-8-14(9-4-1)12-7-13-15-10-5-2-6-11-15;1-2/h1-6,8-11H,7,12-13H2;1-2H. The molecule has 0 N–H and O–H groups in total. The second kappa shape index (κ2) is 9.20. The predicted molar refractivity (Wildman–Crippen MR) is 82.9 cm³/mol. The third-order valence-corrected chi connectivity index (χ3v) is 2.62. The summed E-state index contributed by atoms with van der Waals surface area (Å²) in [7, 11) is 0. The molecule has 2 heteroatoms. The fourth-order valence-electron chi connectivity index (χ4n) is 1.79. The van der Waals surface area contributed by atoms with E-state index in [1.54, 1.807) is 0 Å². The van der Waals surface area contributed by atoms with Gasteiger partial charge in [-0.25, -0.2) is 0 Å². The molecule has 2 aromatic carbocycles.